The second-order valence-electron chi connectivity index (χ2n) is 5.33. The Balaban J connectivity index is 3.13. The van der Waals surface area contributed by atoms with Gasteiger partial charge in [-0.05, 0) is 31.4 Å². The summed E-state index contributed by atoms with van der Waals surface area (Å²) in [5.74, 6) is -0.0102. The predicted molar refractivity (Wildman–Crippen MR) is 88.9 cm³/mol. The third-order valence-electron chi connectivity index (χ3n) is 3.28. The molecule has 0 aliphatic carbocycles. The molecule has 1 aromatic carbocycles. The first-order valence-electron chi connectivity index (χ1n) is 7.84. The highest BCUT2D eigenvalue weighted by Crippen LogP contribution is 2.33. The van der Waals surface area contributed by atoms with Gasteiger partial charge in [-0.2, -0.15) is 0 Å². The largest absolute Gasteiger partial charge is 0.493 e. The van der Waals surface area contributed by atoms with Crippen molar-refractivity contribution in [3.8, 4) is 11.5 Å². The summed E-state index contributed by atoms with van der Waals surface area (Å²) in [5, 5.41) is 9.38. The number of carbonyl (C=O) groups is 1. The lowest BCUT2D eigenvalue weighted by molar-refractivity contribution is 0.0692. The Morgan fingerprint density at radius 3 is 1.95 bits per heavy atom. The molecule has 0 aromatic heterocycles. The molecule has 0 aliphatic heterocycles. The predicted octanol–water partition coefficient (Wildman–Crippen LogP) is 4.78. The Bertz CT molecular complexity index is 477. The minimum absolute atomic E-state index is 0.150. The van der Waals surface area contributed by atoms with Gasteiger partial charge in [0.05, 0.1) is 13.2 Å². The molecule has 1 rings (SSSR count). The lowest BCUT2D eigenvalue weighted by Gasteiger charge is -2.16. The van der Waals surface area contributed by atoms with Crippen LogP contribution in [0.25, 0.3) is 5.57 Å². The minimum Gasteiger partial charge on any atom is -0.493 e. The van der Waals surface area contributed by atoms with Crippen molar-refractivity contribution in [2.75, 3.05) is 13.2 Å². The fraction of sp³-hybridized carbons (Fsp3) is 0.500. The minimum atomic E-state index is -1.01. The molecule has 4 heteroatoms. The van der Waals surface area contributed by atoms with Crippen LogP contribution in [0.15, 0.2) is 18.7 Å². The normalized spacial score (nSPS) is 10.3. The van der Waals surface area contributed by atoms with Crippen molar-refractivity contribution in [3.05, 3.63) is 29.8 Å². The second kappa shape index (κ2) is 9.13. The Morgan fingerprint density at radius 2 is 1.55 bits per heavy atom. The molecule has 0 heterocycles. The summed E-state index contributed by atoms with van der Waals surface area (Å²) in [6, 6.07) is 3.27. The zero-order valence-electron chi connectivity index (χ0n) is 13.8. The summed E-state index contributed by atoms with van der Waals surface area (Å²) in [4.78, 5) is 11.5. The summed E-state index contributed by atoms with van der Waals surface area (Å²) >= 11 is 0. The molecule has 0 aliphatic rings. The molecule has 4 nitrogen and oxygen atoms in total. The van der Waals surface area contributed by atoms with Crippen LogP contribution in [0.1, 0.15) is 62.4 Å². The third kappa shape index (κ3) is 5.10. The van der Waals surface area contributed by atoms with Crippen LogP contribution in [0.5, 0.6) is 11.5 Å². The van der Waals surface area contributed by atoms with Crippen LogP contribution in [0.2, 0.25) is 0 Å². The lowest BCUT2D eigenvalue weighted by Crippen LogP contribution is -2.07. The van der Waals surface area contributed by atoms with E-state index in [0.29, 0.717) is 24.7 Å². The highest BCUT2D eigenvalue weighted by atomic mass is 16.5. The molecule has 0 spiro atoms. The molecule has 1 aromatic rings. The van der Waals surface area contributed by atoms with E-state index in [1.165, 1.54) is 0 Å². The molecule has 1 N–H and O–H groups in total. The standard InChI is InChI=1S/C18H26O4/c1-5-7-9-21-16-12-17(22-10-8-6-2)15(18(19)20)11-14(16)13(3)4/h11-12H,3,5-10H2,1-2,4H3,(H,19,20). The van der Waals surface area contributed by atoms with Gasteiger partial charge >= 0.3 is 5.97 Å². The van der Waals surface area contributed by atoms with E-state index in [4.69, 9.17) is 9.47 Å². The average molecular weight is 306 g/mol. The van der Waals surface area contributed by atoms with E-state index in [9.17, 15) is 9.90 Å². The molecular formula is C18H26O4. The number of aromatic carboxylic acids is 1. The van der Waals surface area contributed by atoms with Gasteiger partial charge in [0.15, 0.2) is 0 Å². The maximum atomic E-state index is 11.5. The topological polar surface area (TPSA) is 55.8 Å². The van der Waals surface area contributed by atoms with E-state index >= 15 is 0 Å². The number of carboxylic acids is 1. The number of benzene rings is 1. The molecule has 0 amide bonds. The molecule has 0 saturated heterocycles. The number of rotatable bonds is 10. The van der Waals surface area contributed by atoms with Crippen molar-refractivity contribution in [3.63, 3.8) is 0 Å². The van der Waals surface area contributed by atoms with Gasteiger partial charge in [0.25, 0.3) is 0 Å². The number of allylic oxidation sites excluding steroid dienone is 1. The van der Waals surface area contributed by atoms with Crippen LogP contribution < -0.4 is 9.47 Å². The van der Waals surface area contributed by atoms with Crippen LogP contribution >= 0.6 is 0 Å². The molecule has 0 bridgehead atoms. The maximum Gasteiger partial charge on any atom is 0.339 e. The van der Waals surface area contributed by atoms with Gasteiger partial charge in [-0.25, -0.2) is 4.79 Å². The number of carboxylic acid groups (broad SMARTS) is 1. The molecule has 22 heavy (non-hydrogen) atoms. The monoisotopic (exact) mass is 306 g/mol. The van der Waals surface area contributed by atoms with Crippen molar-refractivity contribution in [2.24, 2.45) is 0 Å². The van der Waals surface area contributed by atoms with Gasteiger partial charge in [-0.1, -0.05) is 33.3 Å². The van der Waals surface area contributed by atoms with E-state index in [1.54, 1.807) is 12.1 Å². The van der Waals surface area contributed by atoms with E-state index in [2.05, 4.69) is 20.4 Å². The molecule has 0 unspecified atom stereocenters. The maximum absolute atomic E-state index is 11.5. The van der Waals surface area contributed by atoms with Crippen LogP contribution in [0.3, 0.4) is 0 Å². The summed E-state index contributed by atoms with van der Waals surface area (Å²) in [5.41, 5.74) is 1.64. The van der Waals surface area contributed by atoms with Crippen molar-refractivity contribution < 1.29 is 19.4 Å². The highest BCUT2D eigenvalue weighted by molar-refractivity contribution is 5.93. The fourth-order valence-corrected chi connectivity index (χ4v) is 1.95. The number of unbranched alkanes of at least 4 members (excludes halogenated alkanes) is 2. The Hall–Kier alpha value is -1.97. The number of hydrogen-bond donors (Lipinski definition) is 1. The van der Waals surface area contributed by atoms with Crippen LogP contribution in [-0.4, -0.2) is 24.3 Å². The summed E-state index contributed by atoms with van der Waals surface area (Å²) in [6.07, 6.45) is 3.86. The van der Waals surface area contributed by atoms with E-state index in [-0.39, 0.29) is 5.56 Å². The van der Waals surface area contributed by atoms with Crippen molar-refractivity contribution >= 4 is 11.5 Å². The Kier molecular flexibility index (Phi) is 7.50. The average Bonchev–Trinajstić information content (AvgIpc) is 2.47. The van der Waals surface area contributed by atoms with Gasteiger partial charge in [0, 0.05) is 11.6 Å². The van der Waals surface area contributed by atoms with Gasteiger partial charge in [-0.15, -0.1) is 0 Å². The van der Waals surface area contributed by atoms with Crippen LogP contribution in [-0.2, 0) is 0 Å². The van der Waals surface area contributed by atoms with Crippen LogP contribution in [0.4, 0.5) is 0 Å². The Morgan fingerprint density at radius 1 is 1.05 bits per heavy atom. The molecule has 0 atom stereocenters. The van der Waals surface area contributed by atoms with E-state index in [1.807, 2.05) is 6.92 Å². The van der Waals surface area contributed by atoms with Crippen molar-refractivity contribution in [1.82, 2.24) is 0 Å². The first-order valence-corrected chi connectivity index (χ1v) is 7.84. The quantitative estimate of drug-likeness (QED) is 0.632. The molecule has 0 saturated carbocycles. The molecular weight excluding hydrogens is 280 g/mol. The molecule has 0 fully saturated rings. The Labute approximate surface area is 132 Å². The zero-order chi connectivity index (χ0) is 16.5. The van der Waals surface area contributed by atoms with E-state index < -0.39 is 5.97 Å². The fourth-order valence-electron chi connectivity index (χ4n) is 1.95. The summed E-state index contributed by atoms with van der Waals surface area (Å²) < 4.78 is 11.4. The van der Waals surface area contributed by atoms with Crippen LogP contribution in [0, 0.1) is 0 Å². The number of ether oxygens (including phenoxy) is 2. The highest BCUT2D eigenvalue weighted by Gasteiger charge is 2.17. The summed E-state index contributed by atoms with van der Waals surface area (Å²) in [6.45, 7) is 11.0. The first kappa shape index (κ1) is 18.1. The smallest absolute Gasteiger partial charge is 0.339 e. The molecule has 0 radical (unpaired) electrons. The number of hydrogen-bond acceptors (Lipinski definition) is 3. The second-order valence-corrected chi connectivity index (χ2v) is 5.33. The van der Waals surface area contributed by atoms with Crippen molar-refractivity contribution in [1.29, 1.82) is 0 Å². The van der Waals surface area contributed by atoms with Gasteiger partial charge in [-0.3, -0.25) is 0 Å². The molecule has 122 valence electrons. The third-order valence-corrected chi connectivity index (χ3v) is 3.28. The lowest BCUT2D eigenvalue weighted by atomic mass is 10.0. The summed E-state index contributed by atoms with van der Waals surface area (Å²) in [7, 11) is 0. The van der Waals surface area contributed by atoms with Gasteiger partial charge in [0.1, 0.15) is 17.1 Å². The van der Waals surface area contributed by atoms with Gasteiger partial charge < -0.3 is 14.6 Å². The SMILES string of the molecule is C=C(C)c1cc(C(=O)O)c(OCCCC)cc1OCCCC. The van der Waals surface area contributed by atoms with E-state index in [0.717, 1.165) is 36.8 Å². The zero-order valence-corrected chi connectivity index (χ0v) is 13.8. The first-order chi connectivity index (χ1) is 10.5. The van der Waals surface area contributed by atoms with Gasteiger partial charge in [0.2, 0.25) is 0 Å². The van der Waals surface area contributed by atoms with Crippen molar-refractivity contribution in [2.45, 2.75) is 46.5 Å².